The largest absolute Gasteiger partial charge is 0.462 e. The van der Waals surface area contributed by atoms with Crippen LogP contribution in [-0.4, -0.2) is 34.9 Å². The van der Waals surface area contributed by atoms with Gasteiger partial charge in [0, 0.05) is 12.3 Å². The molecule has 0 saturated carbocycles. The molecule has 0 aliphatic rings. The zero-order chi connectivity index (χ0) is 18.1. The highest BCUT2D eigenvalue weighted by molar-refractivity contribution is 6.14. The highest BCUT2D eigenvalue weighted by Crippen LogP contribution is 2.11. The normalized spacial score (nSPS) is 10.0. The molecule has 1 N–H and O–H groups in total. The number of esters is 2. The fraction of sp³-hybridized carbons (Fsp3) is 0.278. The number of nitrogens with one attached hydrogen (secondary N) is 1. The predicted octanol–water partition coefficient (Wildman–Crippen LogP) is 2.35. The fourth-order valence-corrected chi connectivity index (χ4v) is 2.10. The van der Waals surface area contributed by atoms with Gasteiger partial charge in [0.15, 0.2) is 5.57 Å². The molecule has 7 nitrogen and oxygen atoms in total. The van der Waals surface area contributed by atoms with Crippen LogP contribution >= 0.6 is 0 Å². The highest BCUT2D eigenvalue weighted by Gasteiger charge is 2.21. The van der Waals surface area contributed by atoms with Crippen LogP contribution in [0, 0.1) is 0 Å². The topological polar surface area (TPSA) is 82.5 Å². The summed E-state index contributed by atoms with van der Waals surface area (Å²) in [5, 5.41) is 7.17. The van der Waals surface area contributed by atoms with Crippen molar-refractivity contribution in [2.45, 2.75) is 20.4 Å². The van der Waals surface area contributed by atoms with Crippen LogP contribution < -0.4 is 5.32 Å². The van der Waals surface area contributed by atoms with E-state index in [9.17, 15) is 9.59 Å². The minimum absolute atomic E-state index is 0.168. The molecule has 0 spiro atoms. The van der Waals surface area contributed by atoms with E-state index in [0.717, 1.165) is 5.56 Å². The summed E-state index contributed by atoms with van der Waals surface area (Å²) >= 11 is 0. The van der Waals surface area contributed by atoms with Gasteiger partial charge in [-0.2, -0.15) is 5.10 Å². The van der Waals surface area contributed by atoms with Gasteiger partial charge < -0.3 is 14.8 Å². The Bertz CT molecular complexity index is 718. The van der Waals surface area contributed by atoms with Crippen LogP contribution in [0.1, 0.15) is 19.4 Å². The molecule has 1 aromatic carbocycles. The molecule has 0 amide bonds. The van der Waals surface area contributed by atoms with Crippen molar-refractivity contribution in [1.82, 2.24) is 9.78 Å². The zero-order valence-electron chi connectivity index (χ0n) is 14.3. The molecule has 132 valence electrons. The number of aromatic nitrogens is 2. The van der Waals surface area contributed by atoms with Crippen molar-refractivity contribution in [3.05, 3.63) is 59.9 Å². The van der Waals surface area contributed by atoms with Gasteiger partial charge in [-0.15, -0.1) is 0 Å². The number of anilines is 1. The van der Waals surface area contributed by atoms with E-state index in [0.29, 0.717) is 12.4 Å². The summed E-state index contributed by atoms with van der Waals surface area (Å²) < 4.78 is 11.5. The minimum atomic E-state index is -0.734. The summed E-state index contributed by atoms with van der Waals surface area (Å²) in [5.41, 5.74) is 0.880. The molecular formula is C18H21N3O4. The number of carbonyl (C=O) groups excluding carboxylic acids is 2. The molecule has 0 fully saturated rings. The summed E-state index contributed by atoms with van der Waals surface area (Å²) in [5.74, 6) is -0.833. The molecule has 0 aliphatic heterocycles. The third-order valence-corrected chi connectivity index (χ3v) is 3.25. The summed E-state index contributed by atoms with van der Waals surface area (Å²) in [4.78, 5) is 23.9. The Labute approximate surface area is 146 Å². The van der Waals surface area contributed by atoms with Gasteiger partial charge in [-0.05, 0) is 19.4 Å². The van der Waals surface area contributed by atoms with Crippen molar-refractivity contribution in [3.8, 4) is 0 Å². The van der Waals surface area contributed by atoms with E-state index in [1.165, 1.54) is 6.20 Å². The Morgan fingerprint density at radius 3 is 2.32 bits per heavy atom. The molecule has 7 heteroatoms. The van der Waals surface area contributed by atoms with Crippen LogP contribution in [0.2, 0.25) is 0 Å². The number of carbonyl (C=O) groups is 2. The molecule has 0 radical (unpaired) electrons. The van der Waals surface area contributed by atoms with Crippen molar-refractivity contribution in [2.24, 2.45) is 0 Å². The van der Waals surface area contributed by atoms with Gasteiger partial charge in [0.25, 0.3) is 0 Å². The average molecular weight is 343 g/mol. The van der Waals surface area contributed by atoms with Crippen LogP contribution in [0.3, 0.4) is 0 Å². The van der Waals surface area contributed by atoms with E-state index < -0.39 is 11.9 Å². The summed E-state index contributed by atoms with van der Waals surface area (Å²) in [7, 11) is 0. The molecule has 1 heterocycles. The molecule has 25 heavy (non-hydrogen) atoms. The number of ether oxygens (including phenoxy) is 2. The first kappa shape index (κ1) is 18.3. The van der Waals surface area contributed by atoms with Crippen LogP contribution in [0.15, 0.2) is 54.4 Å². The second kappa shape index (κ2) is 9.27. The lowest BCUT2D eigenvalue weighted by atomic mass is 10.2. The lowest BCUT2D eigenvalue weighted by Crippen LogP contribution is -2.20. The van der Waals surface area contributed by atoms with E-state index >= 15 is 0 Å². The number of benzene rings is 1. The van der Waals surface area contributed by atoms with Crippen molar-refractivity contribution in [3.63, 3.8) is 0 Å². The third kappa shape index (κ3) is 5.20. The van der Waals surface area contributed by atoms with E-state index in [1.807, 2.05) is 30.3 Å². The smallest absolute Gasteiger partial charge is 0.347 e. The van der Waals surface area contributed by atoms with E-state index in [2.05, 4.69) is 10.4 Å². The van der Waals surface area contributed by atoms with Crippen LogP contribution in [0.25, 0.3) is 0 Å². The zero-order valence-corrected chi connectivity index (χ0v) is 14.3. The van der Waals surface area contributed by atoms with Crippen molar-refractivity contribution >= 4 is 17.8 Å². The second-order valence-electron chi connectivity index (χ2n) is 5.00. The summed E-state index contributed by atoms with van der Waals surface area (Å²) in [6.07, 6.45) is 2.92. The Morgan fingerprint density at radius 1 is 1.08 bits per heavy atom. The summed E-state index contributed by atoms with van der Waals surface area (Å²) in [6.45, 7) is 4.23. The average Bonchev–Trinajstić information content (AvgIpc) is 3.03. The van der Waals surface area contributed by atoms with Gasteiger partial charge in [0.1, 0.15) is 5.82 Å². The maximum atomic E-state index is 11.9. The van der Waals surface area contributed by atoms with Crippen molar-refractivity contribution in [1.29, 1.82) is 0 Å². The molecule has 0 bridgehead atoms. The molecule has 1 aromatic heterocycles. The van der Waals surface area contributed by atoms with E-state index in [4.69, 9.17) is 9.47 Å². The quantitative estimate of drug-likeness (QED) is 0.343. The van der Waals surface area contributed by atoms with Gasteiger partial charge in [-0.3, -0.25) is 0 Å². The molecule has 2 rings (SSSR count). The van der Waals surface area contributed by atoms with E-state index in [1.54, 1.807) is 30.8 Å². The van der Waals surface area contributed by atoms with Crippen LogP contribution in [0.4, 0.5) is 5.82 Å². The Hall–Kier alpha value is -3.09. The number of nitrogens with zero attached hydrogens (tertiary/aromatic N) is 2. The monoisotopic (exact) mass is 343 g/mol. The Morgan fingerprint density at radius 2 is 1.72 bits per heavy atom. The maximum Gasteiger partial charge on any atom is 0.347 e. The summed E-state index contributed by atoms with van der Waals surface area (Å²) in [6, 6.07) is 11.6. The first-order chi connectivity index (χ1) is 12.2. The number of rotatable bonds is 8. The lowest BCUT2D eigenvalue weighted by Gasteiger charge is -2.09. The van der Waals surface area contributed by atoms with Crippen LogP contribution in [-0.2, 0) is 25.6 Å². The van der Waals surface area contributed by atoms with Crippen molar-refractivity contribution < 1.29 is 19.1 Å². The van der Waals surface area contributed by atoms with Gasteiger partial charge in [-0.1, -0.05) is 30.3 Å². The molecule has 0 unspecified atom stereocenters. The van der Waals surface area contributed by atoms with Gasteiger partial charge in [0.2, 0.25) is 0 Å². The number of hydrogen-bond acceptors (Lipinski definition) is 6. The predicted molar refractivity (Wildman–Crippen MR) is 92.7 cm³/mol. The first-order valence-corrected chi connectivity index (χ1v) is 8.02. The first-order valence-electron chi connectivity index (χ1n) is 8.02. The molecule has 0 atom stereocenters. The Kier molecular flexibility index (Phi) is 6.76. The minimum Gasteiger partial charge on any atom is -0.462 e. The van der Waals surface area contributed by atoms with Gasteiger partial charge >= 0.3 is 11.9 Å². The molecule has 2 aromatic rings. The van der Waals surface area contributed by atoms with E-state index in [-0.39, 0.29) is 18.8 Å². The Balaban J connectivity index is 2.16. The second-order valence-corrected chi connectivity index (χ2v) is 5.00. The SMILES string of the molecule is CCOC(=O)C(=CNc1ccnn1Cc1ccccc1)C(=O)OCC. The maximum absolute atomic E-state index is 11.9. The fourth-order valence-electron chi connectivity index (χ4n) is 2.10. The van der Waals surface area contributed by atoms with Gasteiger partial charge in [-0.25, -0.2) is 14.3 Å². The van der Waals surface area contributed by atoms with Crippen LogP contribution in [0.5, 0.6) is 0 Å². The molecular weight excluding hydrogens is 322 g/mol. The van der Waals surface area contributed by atoms with Gasteiger partial charge in [0.05, 0.1) is 26.0 Å². The number of hydrogen-bond donors (Lipinski definition) is 1. The third-order valence-electron chi connectivity index (χ3n) is 3.25. The molecule has 0 aliphatic carbocycles. The molecule has 0 saturated heterocycles. The van der Waals surface area contributed by atoms with Crippen molar-refractivity contribution in [2.75, 3.05) is 18.5 Å². The standard InChI is InChI=1S/C18H21N3O4/c1-3-24-17(22)15(18(23)25-4-2)12-19-16-10-11-20-21(16)13-14-8-6-5-7-9-14/h5-12,19H,3-4,13H2,1-2H3. The highest BCUT2D eigenvalue weighted by atomic mass is 16.6. The lowest BCUT2D eigenvalue weighted by molar-refractivity contribution is -0.146.